The smallest absolute Gasteiger partial charge is 0.251 e. The Morgan fingerprint density at radius 2 is 1.60 bits per heavy atom. The van der Waals surface area contributed by atoms with Crippen LogP contribution in [0.1, 0.15) is 22.8 Å². The number of hydrogen-bond donors (Lipinski definition) is 4. The van der Waals surface area contributed by atoms with E-state index in [1.807, 2.05) is 31.2 Å². The topological polar surface area (TPSA) is 90.5 Å². The number of aliphatic hydroxyl groups is 1. The lowest BCUT2D eigenvalue weighted by Gasteiger charge is -2.11. The Balaban J connectivity index is 1.83. The Morgan fingerprint density at radius 1 is 1.00 bits per heavy atom. The fraction of sp³-hybridized carbons (Fsp3) is 0.263. The molecule has 0 saturated carbocycles. The summed E-state index contributed by atoms with van der Waals surface area (Å²) in [7, 11) is 0. The Kier molecular flexibility index (Phi) is 6.54. The number of hydrogen-bond acceptors (Lipinski definition) is 4. The molecule has 0 spiro atoms. The maximum absolute atomic E-state index is 11.9. The van der Waals surface area contributed by atoms with Gasteiger partial charge in [0, 0.05) is 23.0 Å². The van der Waals surface area contributed by atoms with Crippen LogP contribution in [0.25, 0.3) is 0 Å². The van der Waals surface area contributed by atoms with E-state index >= 15 is 0 Å². The van der Waals surface area contributed by atoms with Crippen LogP contribution in [-0.2, 0) is 4.79 Å². The summed E-state index contributed by atoms with van der Waals surface area (Å²) in [6.07, 6.45) is 0. The third-order valence-electron chi connectivity index (χ3n) is 3.59. The van der Waals surface area contributed by atoms with E-state index in [-0.39, 0.29) is 31.0 Å². The average molecular weight is 341 g/mol. The molecular weight excluding hydrogens is 318 g/mol. The summed E-state index contributed by atoms with van der Waals surface area (Å²) >= 11 is 0. The summed E-state index contributed by atoms with van der Waals surface area (Å²) in [5.74, 6) is -0.396. The predicted molar refractivity (Wildman–Crippen MR) is 98.8 cm³/mol. The van der Waals surface area contributed by atoms with Gasteiger partial charge < -0.3 is 21.1 Å². The summed E-state index contributed by atoms with van der Waals surface area (Å²) in [6.45, 7) is 3.73. The lowest BCUT2D eigenvalue weighted by Crippen LogP contribution is -2.34. The molecule has 0 fully saturated rings. The lowest BCUT2D eigenvalue weighted by atomic mass is 10.2. The minimum Gasteiger partial charge on any atom is -0.394 e. The van der Waals surface area contributed by atoms with Crippen molar-refractivity contribution in [2.24, 2.45) is 0 Å². The summed E-state index contributed by atoms with van der Waals surface area (Å²) in [5.41, 5.74) is 3.12. The number of nitrogens with one attached hydrogen (secondary N) is 3. The van der Waals surface area contributed by atoms with Crippen LogP contribution in [0.4, 0.5) is 11.4 Å². The van der Waals surface area contributed by atoms with Gasteiger partial charge in [-0.25, -0.2) is 0 Å². The van der Waals surface area contributed by atoms with E-state index < -0.39 is 0 Å². The van der Waals surface area contributed by atoms with Crippen molar-refractivity contribution in [3.8, 4) is 0 Å². The van der Waals surface area contributed by atoms with E-state index in [9.17, 15) is 9.59 Å². The van der Waals surface area contributed by atoms with Gasteiger partial charge in [0.25, 0.3) is 5.91 Å². The van der Waals surface area contributed by atoms with E-state index in [1.54, 1.807) is 31.2 Å². The molecule has 0 aliphatic heterocycles. The number of carbonyl (C=O) groups is 2. The zero-order valence-corrected chi connectivity index (χ0v) is 14.4. The molecule has 6 heteroatoms. The van der Waals surface area contributed by atoms with Crippen molar-refractivity contribution in [3.05, 3.63) is 59.7 Å². The van der Waals surface area contributed by atoms with Crippen molar-refractivity contribution in [2.75, 3.05) is 23.8 Å². The fourth-order valence-electron chi connectivity index (χ4n) is 2.12. The monoisotopic (exact) mass is 341 g/mol. The number of carbonyl (C=O) groups excluding carboxylic acids is 2. The number of benzene rings is 2. The predicted octanol–water partition coefficient (Wildman–Crippen LogP) is 2.16. The van der Waals surface area contributed by atoms with Crippen LogP contribution in [0.2, 0.25) is 0 Å². The zero-order valence-electron chi connectivity index (χ0n) is 14.4. The largest absolute Gasteiger partial charge is 0.394 e. The summed E-state index contributed by atoms with van der Waals surface area (Å²) in [6, 6.07) is 14.1. The molecule has 2 aromatic rings. The minimum absolute atomic E-state index is 0.110. The molecule has 1 atom stereocenters. The molecule has 0 heterocycles. The van der Waals surface area contributed by atoms with Gasteiger partial charge in [-0.15, -0.1) is 0 Å². The van der Waals surface area contributed by atoms with E-state index in [0.717, 1.165) is 16.9 Å². The number of anilines is 2. The highest BCUT2D eigenvalue weighted by Gasteiger charge is 2.09. The fourth-order valence-corrected chi connectivity index (χ4v) is 2.12. The van der Waals surface area contributed by atoms with Gasteiger partial charge in [-0.3, -0.25) is 9.59 Å². The van der Waals surface area contributed by atoms with Crippen LogP contribution in [0.3, 0.4) is 0 Å². The molecule has 0 unspecified atom stereocenters. The van der Waals surface area contributed by atoms with Gasteiger partial charge in [-0.1, -0.05) is 17.7 Å². The van der Waals surface area contributed by atoms with E-state index in [2.05, 4.69) is 16.0 Å². The van der Waals surface area contributed by atoms with E-state index in [0.29, 0.717) is 5.56 Å². The van der Waals surface area contributed by atoms with Crippen LogP contribution in [0.15, 0.2) is 48.5 Å². The molecule has 0 bridgehead atoms. The SMILES string of the molecule is Cc1ccc(NC(=O)CNc2ccc(C(=O)N[C@H](C)CO)cc2)cc1. The normalized spacial score (nSPS) is 11.5. The van der Waals surface area contributed by atoms with Gasteiger partial charge in [-0.05, 0) is 50.2 Å². The zero-order chi connectivity index (χ0) is 18.2. The van der Waals surface area contributed by atoms with Gasteiger partial charge in [0.2, 0.25) is 5.91 Å². The Hall–Kier alpha value is -2.86. The van der Waals surface area contributed by atoms with Gasteiger partial charge in [0.1, 0.15) is 0 Å². The van der Waals surface area contributed by atoms with Crippen molar-refractivity contribution in [2.45, 2.75) is 19.9 Å². The summed E-state index contributed by atoms with van der Waals surface area (Å²) in [5, 5.41) is 17.4. The maximum atomic E-state index is 11.9. The number of amides is 2. The molecule has 0 aliphatic carbocycles. The number of rotatable bonds is 7. The van der Waals surface area contributed by atoms with E-state index in [4.69, 9.17) is 5.11 Å². The third-order valence-corrected chi connectivity index (χ3v) is 3.59. The van der Waals surface area contributed by atoms with Crippen LogP contribution in [0, 0.1) is 6.92 Å². The molecule has 0 saturated heterocycles. The summed E-state index contributed by atoms with van der Waals surface area (Å²) < 4.78 is 0. The first-order chi connectivity index (χ1) is 12.0. The van der Waals surface area contributed by atoms with Crippen molar-refractivity contribution in [1.82, 2.24) is 5.32 Å². The van der Waals surface area contributed by atoms with Crippen molar-refractivity contribution in [1.29, 1.82) is 0 Å². The Labute approximate surface area is 147 Å². The molecule has 132 valence electrons. The highest BCUT2D eigenvalue weighted by molar-refractivity contribution is 5.95. The number of aryl methyl sites for hydroxylation is 1. The van der Waals surface area contributed by atoms with Crippen LogP contribution in [0.5, 0.6) is 0 Å². The van der Waals surface area contributed by atoms with Crippen LogP contribution < -0.4 is 16.0 Å². The number of aliphatic hydroxyl groups excluding tert-OH is 1. The molecule has 0 aliphatic rings. The molecule has 0 aromatic heterocycles. The van der Waals surface area contributed by atoms with Gasteiger partial charge in [0.15, 0.2) is 0 Å². The first-order valence-electron chi connectivity index (χ1n) is 8.10. The second kappa shape index (κ2) is 8.84. The highest BCUT2D eigenvalue weighted by Crippen LogP contribution is 2.11. The summed E-state index contributed by atoms with van der Waals surface area (Å²) in [4.78, 5) is 23.9. The molecule has 4 N–H and O–H groups in total. The second-order valence-electron chi connectivity index (χ2n) is 5.90. The standard InChI is InChI=1S/C19H23N3O3/c1-13-3-7-17(8-4-13)22-18(24)11-20-16-9-5-15(6-10-16)19(25)21-14(2)12-23/h3-10,14,20,23H,11-12H2,1-2H3,(H,21,25)(H,22,24)/t14-/m1/s1. The Morgan fingerprint density at radius 3 is 2.20 bits per heavy atom. The molecular formula is C19H23N3O3. The van der Waals surface area contributed by atoms with Gasteiger partial charge >= 0.3 is 0 Å². The van der Waals surface area contributed by atoms with Gasteiger partial charge in [0.05, 0.1) is 13.2 Å². The van der Waals surface area contributed by atoms with Crippen LogP contribution >= 0.6 is 0 Å². The molecule has 2 aromatic carbocycles. The Bertz CT molecular complexity index is 712. The quantitative estimate of drug-likeness (QED) is 0.621. The second-order valence-corrected chi connectivity index (χ2v) is 5.90. The third kappa shape index (κ3) is 5.93. The van der Waals surface area contributed by atoms with E-state index in [1.165, 1.54) is 0 Å². The molecule has 0 radical (unpaired) electrons. The van der Waals surface area contributed by atoms with Crippen LogP contribution in [-0.4, -0.2) is 36.1 Å². The maximum Gasteiger partial charge on any atom is 0.251 e. The average Bonchev–Trinajstić information content (AvgIpc) is 2.62. The molecule has 25 heavy (non-hydrogen) atoms. The molecule has 6 nitrogen and oxygen atoms in total. The first kappa shape index (κ1) is 18.5. The van der Waals surface area contributed by atoms with Crippen molar-refractivity contribution in [3.63, 3.8) is 0 Å². The first-order valence-corrected chi connectivity index (χ1v) is 8.10. The van der Waals surface area contributed by atoms with Crippen molar-refractivity contribution < 1.29 is 14.7 Å². The molecule has 2 rings (SSSR count). The highest BCUT2D eigenvalue weighted by atomic mass is 16.3. The minimum atomic E-state index is -0.296. The lowest BCUT2D eigenvalue weighted by molar-refractivity contribution is -0.114. The molecule has 2 amide bonds. The van der Waals surface area contributed by atoms with Gasteiger partial charge in [-0.2, -0.15) is 0 Å². The van der Waals surface area contributed by atoms with Crippen molar-refractivity contribution >= 4 is 23.2 Å².